The summed E-state index contributed by atoms with van der Waals surface area (Å²) >= 11 is 0. The van der Waals surface area contributed by atoms with Gasteiger partial charge >= 0.3 is 5.97 Å². The molecule has 3 heterocycles. The summed E-state index contributed by atoms with van der Waals surface area (Å²) in [6, 6.07) is 5.65. The molecule has 29 heavy (non-hydrogen) atoms. The summed E-state index contributed by atoms with van der Waals surface area (Å²) in [6.45, 7) is 4.46. The van der Waals surface area contributed by atoms with Gasteiger partial charge in [-0.2, -0.15) is 0 Å². The number of ether oxygens (including phenoxy) is 3. The lowest BCUT2D eigenvalue weighted by Crippen LogP contribution is -2.57. The number of esters is 1. The van der Waals surface area contributed by atoms with E-state index in [-0.39, 0.29) is 30.4 Å². The lowest BCUT2D eigenvalue weighted by atomic mass is 9.64. The summed E-state index contributed by atoms with van der Waals surface area (Å²) in [5, 5.41) is 11.5. The van der Waals surface area contributed by atoms with Gasteiger partial charge in [-0.25, -0.2) is 4.79 Å². The van der Waals surface area contributed by atoms with Crippen LogP contribution >= 0.6 is 0 Å². The molecule has 6 rings (SSSR count). The van der Waals surface area contributed by atoms with Crippen molar-refractivity contribution < 1.29 is 28.9 Å². The fourth-order valence-corrected chi connectivity index (χ4v) is 6.12. The van der Waals surface area contributed by atoms with Crippen LogP contribution in [0.1, 0.15) is 26.7 Å². The van der Waals surface area contributed by atoms with Gasteiger partial charge in [0.15, 0.2) is 22.8 Å². The van der Waals surface area contributed by atoms with Gasteiger partial charge in [-0.1, -0.05) is 6.92 Å². The van der Waals surface area contributed by atoms with E-state index < -0.39 is 22.7 Å². The number of anilines is 1. The first-order valence-corrected chi connectivity index (χ1v) is 10.2. The molecule has 6 atom stereocenters. The predicted octanol–water partition coefficient (Wildman–Crippen LogP) is 1.82. The highest BCUT2D eigenvalue weighted by atomic mass is 16.7. The van der Waals surface area contributed by atoms with Crippen molar-refractivity contribution in [2.24, 2.45) is 17.3 Å². The highest BCUT2D eigenvalue weighted by Crippen LogP contribution is 2.62. The Hall–Kier alpha value is -2.54. The molecular formula is C22H23NO6. The molecule has 0 bridgehead atoms. The number of rotatable bonds is 1. The molecule has 152 valence electrons. The van der Waals surface area contributed by atoms with Gasteiger partial charge in [0.25, 0.3) is 0 Å². The topological polar surface area (TPSA) is 85.1 Å². The van der Waals surface area contributed by atoms with Crippen molar-refractivity contribution in [2.45, 2.75) is 43.9 Å². The SMILES string of the molecule is C[C@H]1CCC2C(OC(=O)C23CN3c2ccc3c(c2)OCO3)[C@]2(C)C(=O)C=C[C@@]12O. The number of hydrogen-bond donors (Lipinski definition) is 1. The van der Waals surface area contributed by atoms with Crippen molar-refractivity contribution in [1.29, 1.82) is 0 Å². The van der Waals surface area contributed by atoms with E-state index >= 15 is 0 Å². The maximum absolute atomic E-state index is 13.1. The van der Waals surface area contributed by atoms with Gasteiger partial charge < -0.3 is 24.2 Å². The standard InChI is InChI=1S/C22H23NO6/c1-12-3-5-14-18(20(2)17(24)7-8-22(12,20)26)29-19(25)21(14)10-23(21)13-4-6-15-16(9-13)28-11-27-15/h4,6-9,12,14,18,26H,3,5,10-11H2,1-2H3/t12-,14?,18?,20-,21?,22+,23?/m0/s1. The molecule has 7 nitrogen and oxygen atoms in total. The fraction of sp³-hybridized carbons (Fsp3) is 0.545. The second-order valence-electron chi connectivity index (χ2n) is 9.18. The number of fused-ring (bicyclic) bond motifs is 5. The number of benzene rings is 1. The predicted molar refractivity (Wildman–Crippen MR) is 102 cm³/mol. The summed E-state index contributed by atoms with van der Waals surface area (Å²) in [4.78, 5) is 28.1. The monoisotopic (exact) mass is 397 g/mol. The number of hydrogen-bond acceptors (Lipinski definition) is 7. The smallest absolute Gasteiger partial charge is 0.334 e. The van der Waals surface area contributed by atoms with Crippen LogP contribution in [0, 0.1) is 17.3 Å². The molecule has 1 aromatic rings. The van der Waals surface area contributed by atoms with Crippen LogP contribution in [-0.4, -0.2) is 47.4 Å². The van der Waals surface area contributed by atoms with Crippen LogP contribution < -0.4 is 14.4 Å². The molecule has 3 unspecified atom stereocenters. The van der Waals surface area contributed by atoms with Gasteiger partial charge in [0.05, 0.1) is 12.0 Å². The number of aliphatic hydroxyl groups is 1. The van der Waals surface area contributed by atoms with Crippen LogP contribution in [-0.2, 0) is 14.3 Å². The minimum Gasteiger partial charge on any atom is -0.459 e. The second kappa shape index (κ2) is 5.14. The summed E-state index contributed by atoms with van der Waals surface area (Å²) in [5.41, 5.74) is -2.36. The van der Waals surface area contributed by atoms with Crippen molar-refractivity contribution >= 4 is 17.4 Å². The van der Waals surface area contributed by atoms with Gasteiger partial charge in [0, 0.05) is 17.7 Å². The molecule has 0 aromatic heterocycles. The van der Waals surface area contributed by atoms with Crippen molar-refractivity contribution in [3.8, 4) is 11.5 Å². The zero-order valence-electron chi connectivity index (χ0n) is 16.4. The summed E-state index contributed by atoms with van der Waals surface area (Å²) in [5.74, 6) is 0.630. The van der Waals surface area contributed by atoms with E-state index in [4.69, 9.17) is 14.2 Å². The average Bonchev–Trinajstić information content (AvgIpc) is 3.08. The molecule has 0 amide bonds. The van der Waals surface area contributed by atoms with Crippen LogP contribution in [0.3, 0.4) is 0 Å². The van der Waals surface area contributed by atoms with E-state index in [2.05, 4.69) is 0 Å². The number of carbonyl (C=O) groups excluding carboxylic acids is 2. The Kier molecular flexibility index (Phi) is 3.07. The van der Waals surface area contributed by atoms with Crippen molar-refractivity contribution in [1.82, 2.24) is 0 Å². The third kappa shape index (κ3) is 1.83. The molecule has 3 aliphatic heterocycles. The Morgan fingerprint density at radius 1 is 1.17 bits per heavy atom. The third-order valence-corrected chi connectivity index (χ3v) is 8.08. The molecule has 7 heteroatoms. The van der Waals surface area contributed by atoms with E-state index in [0.717, 1.165) is 18.5 Å². The van der Waals surface area contributed by atoms with Crippen LogP contribution in [0.2, 0.25) is 0 Å². The minimum absolute atomic E-state index is 0.103. The minimum atomic E-state index is -1.30. The maximum atomic E-state index is 13.1. The normalized spacial score (nSPS) is 44.0. The van der Waals surface area contributed by atoms with Crippen molar-refractivity contribution in [3.05, 3.63) is 30.4 Å². The van der Waals surface area contributed by atoms with Crippen LogP contribution in [0.5, 0.6) is 11.5 Å². The molecule has 2 aliphatic carbocycles. The molecule has 2 saturated heterocycles. The van der Waals surface area contributed by atoms with Crippen LogP contribution in [0.4, 0.5) is 5.69 Å². The number of carbonyl (C=O) groups is 2. The Bertz CT molecular complexity index is 990. The number of nitrogens with zero attached hydrogens (tertiary/aromatic N) is 1. The van der Waals surface area contributed by atoms with Crippen molar-refractivity contribution in [3.63, 3.8) is 0 Å². The van der Waals surface area contributed by atoms with E-state index in [9.17, 15) is 14.7 Å². The number of ketones is 1. The Morgan fingerprint density at radius 2 is 1.97 bits per heavy atom. The van der Waals surface area contributed by atoms with Gasteiger partial charge in [0.1, 0.15) is 11.7 Å². The molecule has 1 saturated carbocycles. The third-order valence-electron chi connectivity index (χ3n) is 8.08. The highest BCUT2D eigenvalue weighted by Gasteiger charge is 2.77. The maximum Gasteiger partial charge on any atom is 0.334 e. The average molecular weight is 397 g/mol. The lowest BCUT2D eigenvalue weighted by molar-refractivity contribution is -0.166. The molecule has 3 fully saturated rings. The zero-order valence-corrected chi connectivity index (χ0v) is 16.4. The highest BCUT2D eigenvalue weighted by molar-refractivity contribution is 6.02. The first-order chi connectivity index (χ1) is 13.8. The Labute approximate surface area is 168 Å². The first kappa shape index (κ1) is 17.3. The van der Waals surface area contributed by atoms with E-state index in [1.165, 1.54) is 6.08 Å². The largest absolute Gasteiger partial charge is 0.459 e. The number of allylic oxidation sites excluding steroid dienone is 1. The summed E-state index contributed by atoms with van der Waals surface area (Å²) in [7, 11) is 0. The quantitative estimate of drug-likeness (QED) is 0.572. The first-order valence-electron chi connectivity index (χ1n) is 10.2. The van der Waals surface area contributed by atoms with E-state index in [1.807, 2.05) is 30.0 Å². The molecule has 1 N–H and O–H groups in total. The molecule has 5 aliphatic rings. The fourth-order valence-electron chi connectivity index (χ4n) is 6.12. The van der Waals surface area contributed by atoms with Gasteiger partial charge in [0.2, 0.25) is 6.79 Å². The van der Waals surface area contributed by atoms with Crippen LogP contribution in [0.15, 0.2) is 30.4 Å². The van der Waals surface area contributed by atoms with E-state index in [1.54, 1.807) is 13.0 Å². The Balaban J connectivity index is 1.40. The molecule has 1 aromatic carbocycles. The molecular weight excluding hydrogens is 374 g/mol. The second-order valence-corrected chi connectivity index (χ2v) is 9.18. The zero-order chi connectivity index (χ0) is 20.2. The van der Waals surface area contributed by atoms with Crippen LogP contribution in [0.25, 0.3) is 0 Å². The van der Waals surface area contributed by atoms with Crippen molar-refractivity contribution in [2.75, 3.05) is 18.2 Å². The lowest BCUT2D eigenvalue weighted by Gasteiger charge is -2.43. The van der Waals surface area contributed by atoms with Gasteiger partial charge in [-0.05, 0) is 50.0 Å². The van der Waals surface area contributed by atoms with Gasteiger partial charge in [-0.3, -0.25) is 4.79 Å². The summed E-state index contributed by atoms with van der Waals surface area (Å²) in [6.07, 6.45) is 3.87. The summed E-state index contributed by atoms with van der Waals surface area (Å²) < 4.78 is 16.8. The Morgan fingerprint density at radius 3 is 2.79 bits per heavy atom. The molecule has 0 radical (unpaired) electrons. The van der Waals surface area contributed by atoms with Gasteiger partial charge in [-0.15, -0.1) is 0 Å². The van der Waals surface area contributed by atoms with E-state index in [0.29, 0.717) is 18.0 Å². The molecule has 1 spiro atoms.